The molecule has 3 aromatic rings. The van der Waals surface area contributed by atoms with Gasteiger partial charge in [0.2, 0.25) is 11.8 Å². The maximum atomic E-state index is 13.9. The fraction of sp³-hybridized carbons (Fsp3) is 0.310. The summed E-state index contributed by atoms with van der Waals surface area (Å²) in [7, 11) is -4.06. The van der Waals surface area contributed by atoms with Crippen LogP contribution in [0.15, 0.2) is 83.8 Å². The number of aryl methyl sites for hydroxylation is 2. The van der Waals surface area contributed by atoms with Gasteiger partial charge in [-0.2, -0.15) is 0 Å². The van der Waals surface area contributed by atoms with E-state index in [9.17, 15) is 18.0 Å². The van der Waals surface area contributed by atoms with Gasteiger partial charge >= 0.3 is 0 Å². The van der Waals surface area contributed by atoms with Crippen molar-refractivity contribution in [1.82, 2.24) is 10.2 Å². The van der Waals surface area contributed by atoms with Gasteiger partial charge in [-0.15, -0.1) is 0 Å². The molecule has 3 aromatic carbocycles. The molecular weight excluding hydrogens is 486 g/mol. The molecule has 0 heterocycles. The summed E-state index contributed by atoms with van der Waals surface area (Å²) in [6, 6.07) is 22.1. The minimum absolute atomic E-state index is 0.0897. The third-order valence-corrected chi connectivity index (χ3v) is 7.98. The number of nitrogens with one attached hydrogen (secondary N) is 1. The van der Waals surface area contributed by atoms with Crippen LogP contribution in [-0.4, -0.2) is 44.3 Å². The average Bonchev–Trinajstić information content (AvgIpc) is 2.89. The summed E-state index contributed by atoms with van der Waals surface area (Å²) >= 11 is 0. The van der Waals surface area contributed by atoms with Gasteiger partial charge in [-0.1, -0.05) is 73.2 Å². The normalized spacial score (nSPS) is 12.0. The van der Waals surface area contributed by atoms with E-state index in [4.69, 9.17) is 0 Å². The molecule has 0 aromatic heterocycles. The zero-order valence-corrected chi connectivity index (χ0v) is 22.7. The molecule has 0 aliphatic rings. The number of rotatable bonds is 11. The van der Waals surface area contributed by atoms with Crippen molar-refractivity contribution < 1.29 is 18.0 Å². The smallest absolute Gasteiger partial charge is 0.264 e. The van der Waals surface area contributed by atoms with E-state index >= 15 is 0 Å². The molecule has 0 aliphatic carbocycles. The molecule has 37 heavy (non-hydrogen) atoms. The summed E-state index contributed by atoms with van der Waals surface area (Å²) in [5, 5.41) is 2.81. The highest BCUT2D eigenvalue weighted by atomic mass is 32.2. The summed E-state index contributed by atoms with van der Waals surface area (Å²) < 4.78 is 28.7. The van der Waals surface area contributed by atoms with Gasteiger partial charge in [0.05, 0.1) is 10.6 Å². The molecule has 3 rings (SSSR count). The molecular formula is C29H35N3O4S. The third-order valence-electron chi connectivity index (χ3n) is 6.20. The van der Waals surface area contributed by atoms with Crippen LogP contribution in [0.5, 0.6) is 0 Å². The van der Waals surface area contributed by atoms with E-state index < -0.39 is 28.5 Å². The Kier molecular flexibility index (Phi) is 9.47. The van der Waals surface area contributed by atoms with Crippen molar-refractivity contribution in [3.05, 3.63) is 95.6 Å². The number of sulfonamides is 1. The molecule has 0 spiro atoms. The lowest BCUT2D eigenvalue weighted by Crippen LogP contribution is -2.52. The minimum Gasteiger partial charge on any atom is -0.355 e. The van der Waals surface area contributed by atoms with Crippen molar-refractivity contribution in [1.29, 1.82) is 0 Å². The van der Waals surface area contributed by atoms with Gasteiger partial charge in [-0.05, 0) is 56.5 Å². The SMILES string of the molecule is CCNC(=O)C(CC)N(Cc1ccc(C)cc1)C(=O)CN(c1ccccc1C)S(=O)(=O)c1ccccc1. The molecule has 1 unspecified atom stereocenters. The van der Waals surface area contributed by atoms with Crippen molar-refractivity contribution in [2.45, 2.75) is 51.6 Å². The molecule has 0 aliphatic heterocycles. The molecule has 0 bridgehead atoms. The van der Waals surface area contributed by atoms with Crippen molar-refractivity contribution in [2.24, 2.45) is 0 Å². The predicted octanol–water partition coefficient (Wildman–Crippen LogP) is 4.44. The zero-order valence-electron chi connectivity index (χ0n) is 21.8. The van der Waals surface area contributed by atoms with Crippen LogP contribution in [0.2, 0.25) is 0 Å². The molecule has 7 nitrogen and oxygen atoms in total. The number of para-hydroxylation sites is 1. The van der Waals surface area contributed by atoms with Crippen molar-refractivity contribution in [2.75, 3.05) is 17.4 Å². The van der Waals surface area contributed by atoms with Crippen LogP contribution in [0.25, 0.3) is 0 Å². The quantitative estimate of drug-likeness (QED) is 0.404. The Hall–Kier alpha value is -3.65. The van der Waals surface area contributed by atoms with E-state index in [1.54, 1.807) is 43.3 Å². The Balaban J connectivity index is 2.05. The standard InChI is InChI=1S/C29H35N3O4S/c1-5-26(29(34)30-6-2)31(20-24-18-16-22(3)17-19-24)28(33)21-32(27-15-11-10-12-23(27)4)37(35,36)25-13-8-7-9-14-25/h7-19,26H,5-6,20-21H2,1-4H3,(H,30,34). The van der Waals surface area contributed by atoms with Gasteiger partial charge in [-0.25, -0.2) is 8.42 Å². The number of benzene rings is 3. The summed E-state index contributed by atoms with van der Waals surface area (Å²) in [6.45, 7) is 7.62. The first-order chi connectivity index (χ1) is 17.7. The van der Waals surface area contributed by atoms with Gasteiger partial charge in [0.25, 0.3) is 10.0 Å². The van der Waals surface area contributed by atoms with Gasteiger partial charge in [0.15, 0.2) is 0 Å². The summed E-state index contributed by atoms with van der Waals surface area (Å²) in [5.41, 5.74) is 3.07. The van der Waals surface area contributed by atoms with Crippen molar-refractivity contribution in [3.8, 4) is 0 Å². The molecule has 2 amide bonds. The van der Waals surface area contributed by atoms with Gasteiger partial charge in [0.1, 0.15) is 12.6 Å². The number of hydrogen-bond donors (Lipinski definition) is 1. The van der Waals surface area contributed by atoms with Crippen LogP contribution >= 0.6 is 0 Å². The molecule has 196 valence electrons. The second-order valence-electron chi connectivity index (χ2n) is 8.94. The Morgan fingerprint density at radius 3 is 2.08 bits per heavy atom. The summed E-state index contributed by atoms with van der Waals surface area (Å²) in [6.07, 6.45) is 0.388. The number of anilines is 1. The van der Waals surface area contributed by atoms with E-state index in [-0.39, 0.29) is 17.3 Å². The van der Waals surface area contributed by atoms with E-state index in [2.05, 4.69) is 5.32 Å². The van der Waals surface area contributed by atoms with Crippen molar-refractivity contribution >= 4 is 27.5 Å². The van der Waals surface area contributed by atoms with Gasteiger partial charge in [0, 0.05) is 13.1 Å². The van der Waals surface area contributed by atoms with Crippen LogP contribution in [-0.2, 0) is 26.2 Å². The predicted molar refractivity (Wildman–Crippen MR) is 147 cm³/mol. The van der Waals surface area contributed by atoms with Crippen LogP contribution in [0, 0.1) is 13.8 Å². The van der Waals surface area contributed by atoms with E-state index in [0.717, 1.165) is 21.0 Å². The minimum atomic E-state index is -4.06. The Labute approximate surface area is 220 Å². The number of hydrogen-bond acceptors (Lipinski definition) is 4. The number of nitrogens with zero attached hydrogens (tertiary/aromatic N) is 2. The van der Waals surface area contributed by atoms with Crippen LogP contribution in [0.1, 0.15) is 37.0 Å². The zero-order chi connectivity index (χ0) is 27.0. The van der Waals surface area contributed by atoms with E-state index in [1.807, 2.05) is 51.1 Å². The fourth-order valence-electron chi connectivity index (χ4n) is 4.18. The maximum absolute atomic E-state index is 13.9. The van der Waals surface area contributed by atoms with Gasteiger partial charge in [-0.3, -0.25) is 13.9 Å². The molecule has 8 heteroatoms. The van der Waals surface area contributed by atoms with E-state index in [1.165, 1.54) is 17.0 Å². The van der Waals surface area contributed by atoms with Crippen LogP contribution in [0.4, 0.5) is 5.69 Å². The first kappa shape index (κ1) is 27.9. The lowest BCUT2D eigenvalue weighted by molar-refractivity contribution is -0.140. The lowest BCUT2D eigenvalue weighted by atomic mass is 10.1. The summed E-state index contributed by atoms with van der Waals surface area (Å²) in [5.74, 6) is -0.722. The number of likely N-dealkylation sites (N-methyl/N-ethyl adjacent to an activating group) is 1. The Morgan fingerprint density at radius 2 is 1.49 bits per heavy atom. The maximum Gasteiger partial charge on any atom is 0.264 e. The Bertz CT molecular complexity index is 1310. The molecule has 1 atom stereocenters. The monoisotopic (exact) mass is 521 g/mol. The highest BCUT2D eigenvalue weighted by Crippen LogP contribution is 2.27. The average molecular weight is 522 g/mol. The van der Waals surface area contributed by atoms with Gasteiger partial charge < -0.3 is 10.2 Å². The second kappa shape index (κ2) is 12.5. The number of amides is 2. The highest BCUT2D eigenvalue weighted by Gasteiger charge is 2.33. The number of carbonyl (C=O) groups excluding carboxylic acids is 2. The first-order valence-electron chi connectivity index (χ1n) is 12.4. The third kappa shape index (κ3) is 6.77. The Morgan fingerprint density at radius 1 is 0.865 bits per heavy atom. The highest BCUT2D eigenvalue weighted by molar-refractivity contribution is 7.92. The molecule has 0 saturated carbocycles. The molecule has 0 radical (unpaired) electrons. The van der Waals surface area contributed by atoms with E-state index in [0.29, 0.717) is 18.7 Å². The fourth-order valence-corrected chi connectivity index (χ4v) is 5.68. The first-order valence-corrected chi connectivity index (χ1v) is 13.9. The largest absolute Gasteiger partial charge is 0.355 e. The van der Waals surface area contributed by atoms with Crippen LogP contribution in [0.3, 0.4) is 0 Å². The lowest BCUT2D eigenvalue weighted by Gasteiger charge is -2.33. The van der Waals surface area contributed by atoms with Crippen molar-refractivity contribution in [3.63, 3.8) is 0 Å². The summed E-state index contributed by atoms with van der Waals surface area (Å²) in [4.78, 5) is 28.5. The molecule has 1 N–H and O–H groups in total. The van der Waals surface area contributed by atoms with Crippen LogP contribution < -0.4 is 9.62 Å². The number of carbonyl (C=O) groups is 2. The molecule has 0 fully saturated rings. The molecule has 0 saturated heterocycles. The topological polar surface area (TPSA) is 86.8 Å². The second-order valence-corrected chi connectivity index (χ2v) is 10.8.